The van der Waals surface area contributed by atoms with Gasteiger partial charge in [0.25, 0.3) is 5.91 Å². The van der Waals surface area contributed by atoms with Gasteiger partial charge >= 0.3 is 0 Å². The molecule has 0 radical (unpaired) electrons. The zero-order valence-electron chi connectivity index (χ0n) is 11.9. The average Bonchev–Trinajstić information content (AvgIpc) is 2.84. The number of pyridine rings is 1. The van der Waals surface area contributed by atoms with Gasteiger partial charge in [0.1, 0.15) is 11.5 Å². The molecule has 2 aromatic rings. The number of carbonyl (C=O) groups excluding carboxylic acids is 1. The second-order valence-corrected chi connectivity index (χ2v) is 4.49. The van der Waals surface area contributed by atoms with E-state index in [2.05, 4.69) is 4.98 Å². The lowest BCUT2D eigenvalue weighted by Crippen LogP contribution is -2.26. The lowest BCUT2D eigenvalue weighted by Gasteiger charge is -2.15. The van der Waals surface area contributed by atoms with Crippen LogP contribution in [0.15, 0.2) is 34.9 Å². The number of aromatic nitrogens is 1. The molecule has 0 saturated carbocycles. The van der Waals surface area contributed by atoms with Crippen molar-refractivity contribution in [1.29, 1.82) is 0 Å². The normalized spacial score (nSPS) is 10.3. The Morgan fingerprint density at radius 3 is 2.70 bits per heavy atom. The molecular weight excluding hydrogens is 256 g/mol. The number of carbonyl (C=O) groups is 1. The van der Waals surface area contributed by atoms with Gasteiger partial charge in [-0.15, -0.1) is 0 Å². The van der Waals surface area contributed by atoms with Gasteiger partial charge in [-0.25, -0.2) is 4.98 Å². The third-order valence-corrected chi connectivity index (χ3v) is 2.81. The maximum absolute atomic E-state index is 12.2. The fourth-order valence-corrected chi connectivity index (χ4v) is 1.84. The van der Waals surface area contributed by atoms with Crippen LogP contribution in [-0.4, -0.2) is 29.4 Å². The summed E-state index contributed by atoms with van der Waals surface area (Å²) in [6.07, 6.45) is 1.53. The molecule has 5 nitrogen and oxygen atoms in total. The van der Waals surface area contributed by atoms with Crippen molar-refractivity contribution in [2.24, 2.45) is 0 Å². The highest BCUT2D eigenvalue weighted by Gasteiger charge is 2.14. The molecule has 0 unspecified atom stereocenters. The van der Waals surface area contributed by atoms with Gasteiger partial charge < -0.3 is 14.1 Å². The number of rotatable bonds is 5. The molecule has 0 atom stereocenters. The average molecular weight is 274 g/mol. The van der Waals surface area contributed by atoms with Gasteiger partial charge in [0.2, 0.25) is 5.88 Å². The van der Waals surface area contributed by atoms with Gasteiger partial charge in [0, 0.05) is 19.3 Å². The number of ether oxygens (including phenoxy) is 1. The van der Waals surface area contributed by atoms with Crippen LogP contribution in [0.3, 0.4) is 0 Å². The maximum Gasteiger partial charge on any atom is 0.255 e. The van der Waals surface area contributed by atoms with Crippen LogP contribution in [0, 0.1) is 6.92 Å². The molecule has 0 N–H and O–H groups in total. The van der Waals surface area contributed by atoms with Crippen LogP contribution < -0.4 is 4.74 Å². The van der Waals surface area contributed by atoms with Crippen LogP contribution >= 0.6 is 0 Å². The fraction of sp³-hybridized carbons (Fsp3) is 0.333. The minimum absolute atomic E-state index is 0.102. The van der Waals surface area contributed by atoms with Crippen LogP contribution in [0.1, 0.15) is 28.8 Å². The highest BCUT2D eigenvalue weighted by atomic mass is 16.5. The first-order chi connectivity index (χ1) is 9.60. The summed E-state index contributed by atoms with van der Waals surface area (Å²) >= 11 is 0. The van der Waals surface area contributed by atoms with Crippen molar-refractivity contribution in [2.45, 2.75) is 20.4 Å². The molecule has 0 aliphatic rings. The number of nitrogens with zero attached hydrogens (tertiary/aromatic N) is 2. The largest absolute Gasteiger partial charge is 0.478 e. The van der Waals surface area contributed by atoms with Gasteiger partial charge in [-0.2, -0.15) is 0 Å². The van der Waals surface area contributed by atoms with E-state index >= 15 is 0 Å². The lowest BCUT2D eigenvalue weighted by atomic mass is 10.2. The van der Waals surface area contributed by atoms with E-state index in [0.29, 0.717) is 24.6 Å². The zero-order valence-corrected chi connectivity index (χ0v) is 11.9. The van der Waals surface area contributed by atoms with Gasteiger partial charge in [-0.1, -0.05) is 0 Å². The molecule has 0 aliphatic carbocycles. The Hall–Kier alpha value is -2.30. The van der Waals surface area contributed by atoms with Crippen LogP contribution in [0.25, 0.3) is 0 Å². The summed E-state index contributed by atoms with van der Waals surface area (Å²) in [5.41, 5.74) is 0.527. The Morgan fingerprint density at radius 1 is 1.35 bits per heavy atom. The van der Waals surface area contributed by atoms with Crippen LogP contribution in [-0.2, 0) is 6.54 Å². The molecule has 0 aromatic carbocycles. The first kappa shape index (κ1) is 14.1. The molecule has 0 saturated heterocycles. The Balaban J connectivity index is 2.02. The van der Waals surface area contributed by atoms with E-state index in [4.69, 9.17) is 9.15 Å². The van der Waals surface area contributed by atoms with E-state index in [1.54, 1.807) is 24.1 Å². The van der Waals surface area contributed by atoms with Gasteiger partial charge in [0.15, 0.2) is 0 Å². The Labute approximate surface area is 118 Å². The molecule has 2 rings (SSSR count). The molecule has 1 amide bonds. The first-order valence-corrected chi connectivity index (χ1v) is 6.49. The summed E-state index contributed by atoms with van der Waals surface area (Å²) in [7, 11) is 1.73. The van der Waals surface area contributed by atoms with Crippen molar-refractivity contribution < 1.29 is 13.9 Å². The van der Waals surface area contributed by atoms with E-state index in [1.807, 2.05) is 26.0 Å². The minimum atomic E-state index is -0.102. The molecule has 20 heavy (non-hydrogen) atoms. The summed E-state index contributed by atoms with van der Waals surface area (Å²) in [5, 5.41) is 0. The predicted molar refractivity (Wildman–Crippen MR) is 74.6 cm³/mol. The van der Waals surface area contributed by atoms with Crippen LogP contribution in [0.2, 0.25) is 0 Å². The van der Waals surface area contributed by atoms with E-state index < -0.39 is 0 Å². The van der Waals surface area contributed by atoms with E-state index in [9.17, 15) is 4.79 Å². The van der Waals surface area contributed by atoms with Crippen LogP contribution in [0.5, 0.6) is 5.88 Å². The molecule has 106 valence electrons. The standard InChI is InChI=1S/C15H18N2O3/c1-4-19-14-8-6-12(9-16-14)15(18)17(3)10-13-7-5-11(2)20-13/h5-9H,4,10H2,1-3H3. The quantitative estimate of drug-likeness (QED) is 0.841. The molecular formula is C15H18N2O3. The lowest BCUT2D eigenvalue weighted by molar-refractivity contribution is 0.0774. The third-order valence-electron chi connectivity index (χ3n) is 2.81. The number of aryl methyl sites for hydroxylation is 1. The molecule has 0 bridgehead atoms. The number of hydrogen-bond acceptors (Lipinski definition) is 4. The van der Waals surface area contributed by atoms with Crippen molar-refractivity contribution >= 4 is 5.91 Å². The highest BCUT2D eigenvalue weighted by molar-refractivity contribution is 5.93. The van der Waals surface area contributed by atoms with Crippen molar-refractivity contribution in [1.82, 2.24) is 9.88 Å². The number of furan rings is 1. The summed E-state index contributed by atoms with van der Waals surface area (Å²) in [4.78, 5) is 17.9. The smallest absolute Gasteiger partial charge is 0.255 e. The topological polar surface area (TPSA) is 55.6 Å². The monoisotopic (exact) mass is 274 g/mol. The molecule has 0 aliphatic heterocycles. The van der Waals surface area contributed by atoms with E-state index in [-0.39, 0.29) is 5.91 Å². The first-order valence-electron chi connectivity index (χ1n) is 6.49. The van der Waals surface area contributed by atoms with E-state index in [1.165, 1.54) is 6.20 Å². The summed E-state index contributed by atoms with van der Waals surface area (Å²) < 4.78 is 10.7. The molecule has 5 heteroatoms. The van der Waals surface area contributed by atoms with Gasteiger partial charge in [-0.05, 0) is 32.0 Å². The maximum atomic E-state index is 12.2. The van der Waals surface area contributed by atoms with E-state index in [0.717, 1.165) is 11.5 Å². The third kappa shape index (κ3) is 3.38. The van der Waals surface area contributed by atoms with Crippen LogP contribution in [0.4, 0.5) is 0 Å². The second kappa shape index (κ2) is 6.23. The highest BCUT2D eigenvalue weighted by Crippen LogP contribution is 2.13. The van der Waals surface area contributed by atoms with Gasteiger partial charge in [-0.3, -0.25) is 4.79 Å². The summed E-state index contributed by atoms with van der Waals surface area (Å²) in [6.45, 7) is 4.75. The van der Waals surface area contributed by atoms with Crippen molar-refractivity contribution in [2.75, 3.05) is 13.7 Å². The molecule has 2 heterocycles. The summed E-state index contributed by atoms with van der Waals surface area (Å²) in [6, 6.07) is 7.16. The second-order valence-electron chi connectivity index (χ2n) is 4.49. The predicted octanol–water partition coefficient (Wildman–Crippen LogP) is 2.65. The fourth-order valence-electron chi connectivity index (χ4n) is 1.84. The zero-order chi connectivity index (χ0) is 14.5. The minimum Gasteiger partial charge on any atom is -0.478 e. The van der Waals surface area contributed by atoms with Crippen molar-refractivity contribution in [3.63, 3.8) is 0 Å². The number of amides is 1. The molecule has 0 fully saturated rings. The SMILES string of the molecule is CCOc1ccc(C(=O)N(C)Cc2ccc(C)o2)cn1. The number of hydrogen-bond donors (Lipinski definition) is 0. The Bertz CT molecular complexity index is 575. The Kier molecular flexibility index (Phi) is 4.40. The summed E-state index contributed by atoms with van der Waals surface area (Å²) in [5.74, 6) is 2.02. The van der Waals surface area contributed by atoms with Crippen molar-refractivity contribution in [3.05, 3.63) is 47.5 Å². The van der Waals surface area contributed by atoms with Gasteiger partial charge in [0.05, 0.1) is 18.7 Å². The molecule has 0 spiro atoms. The Morgan fingerprint density at radius 2 is 2.15 bits per heavy atom. The van der Waals surface area contributed by atoms with Crippen molar-refractivity contribution in [3.8, 4) is 5.88 Å². The molecule has 2 aromatic heterocycles.